The predicted molar refractivity (Wildman–Crippen MR) is 63.7 cm³/mol. The van der Waals surface area contributed by atoms with Crippen LogP contribution in [0.15, 0.2) is 0 Å². The van der Waals surface area contributed by atoms with Crippen LogP contribution in [0.4, 0.5) is 4.79 Å². The van der Waals surface area contributed by atoms with Crippen molar-refractivity contribution in [2.24, 2.45) is 17.1 Å². The highest BCUT2D eigenvalue weighted by Crippen LogP contribution is 2.50. The minimum Gasteiger partial charge on any atom is -0.480 e. The van der Waals surface area contributed by atoms with Gasteiger partial charge in [0.25, 0.3) is 0 Å². The fourth-order valence-corrected chi connectivity index (χ4v) is 1.75. The number of amides is 3. The predicted octanol–water partition coefficient (Wildman–Crippen LogP) is -0.340. The van der Waals surface area contributed by atoms with Crippen molar-refractivity contribution in [2.45, 2.75) is 32.7 Å². The lowest BCUT2D eigenvalue weighted by Crippen LogP contribution is -2.48. The molecule has 0 aromatic heterocycles. The number of nitrogens with one attached hydrogen (secondary N) is 2. The molecule has 0 radical (unpaired) electrons. The minimum atomic E-state index is -1.28. The second kappa shape index (κ2) is 5.24. The second-order valence-electron chi connectivity index (χ2n) is 5.31. The maximum Gasteiger partial charge on any atom is 0.326 e. The summed E-state index contributed by atoms with van der Waals surface area (Å²) in [5, 5.41) is 13.6. The van der Waals surface area contributed by atoms with E-state index in [9.17, 15) is 14.4 Å². The average Bonchev–Trinajstić information content (AvgIpc) is 2.82. The van der Waals surface area contributed by atoms with Gasteiger partial charge in [0.2, 0.25) is 5.91 Å². The first kappa shape index (κ1) is 14.3. The van der Waals surface area contributed by atoms with Gasteiger partial charge in [-0.1, -0.05) is 13.8 Å². The second-order valence-corrected chi connectivity index (χ2v) is 5.31. The number of primary amides is 1. The number of carboxylic acids is 1. The van der Waals surface area contributed by atoms with Gasteiger partial charge in [-0.3, -0.25) is 4.79 Å². The van der Waals surface area contributed by atoms with E-state index in [1.807, 2.05) is 0 Å². The van der Waals surface area contributed by atoms with Crippen LogP contribution < -0.4 is 16.4 Å². The normalized spacial score (nSPS) is 21.8. The topological polar surface area (TPSA) is 122 Å². The third kappa shape index (κ3) is 4.23. The molecule has 1 aliphatic carbocycles. The summed E-state index contributed by atoms with van der Waals surface area (Å²) < 4.78 is 0. The first-order chi connectivity index (χ1) is 8.22. The number of carbonyl (C=O) groups is 3. The molecule has 7 nitrogen and oxygen atoms in total. The van der Waals surface area contributed by atoms with Gasteiger partial charge in [-0.25, -0.2) is 9.59 Å². The zero-order valence-electron chi connectivity index (χ0n) is 10.5. The van der Waals surface area contributed by atoms with Gasteiger partial charge < -0.3 is 21.5 Å². The van der Waals surface area contributed by atoms with Crippen LogP contribution >= 0.6 is 0 Å². The largest absolute Gasteiger partial charge is 0.480 e. The molecule has 5 N–H and O–H groups in total. The van der Waals surface area contributed by atoms with Gasteiger partial charge in [0.05, 0.1) is 6.42 Å². The Bertz CT molecular complexity index is 367. The molecule has 1 saturated carbocycles. The number of nitrogens with two attached hydrogens (primary N) is 1. The molecule has 1 rings (SSSR count). The van der Waals surface area contributed by atoms with E-state index in [1.54, 1.807) is 0 Å². The van der Waals surface area contributed by atoms with Crippen molar-refractivity contribution in [1.29, 1.82) is 0 Å². The fraction of sp³-hybridized carbons (Fsp3) is 0.727. The molecular weight excluding hydrogens is 238 g/mol. The molecule has 1 fully saturated rings. The monoisotopic (exact) mass is 257 g/mol. The van der Waals surface area contributed by atoms with Crippen molar-refractivity contribution in [1.82, 2.24) is 10.6 Å². The Kier molecular flexibility index (Phi) is 4.15. The fourth-order valence-electron chi connectivity index (χ4n) is 1.75. The molecule has 0 aromatic carbocycles. The average molecular weight is 257 g/mol. The smallest absolute Gasteiger partial charge is 0.326 e. The van der Waals surface area contributed by atoms with Crippen LogP contribution in [0.1, 0.15) is 26.7 Å². The maximum absolute atomic E-state index is 11.4. The summed E-state index contributed by atoms with van der Waals surface area (Å²) >= 11 is 0. The first-order valence-electron chi connectivity index (χ1n) is 5.78. The van der Waals surface area contributed by atoms with Gasteiger partial charge in [-0.2, -0.15) is 0 Å². The number of carbonyl (C=O) groups excluding carboxylic acids is 2. The highest BCUT2D eigenvalue weighted by atomic mass is 16.4. The standard InChI is InChI=1S/C11H19N3O4/c1-11(2)4-6(11)5-13-10(18)14-7(9(16)17)3-8(12)15/h6-7H,3-5H2,1-2H3,(H2,12,15)(H,16,17)(H2,13,14,18)/t6?,7-/m1/s1. The summed E-state index contributed by atoms with van der Waals surface area (Å²) in [7, 11) is 0. The Balaban J connectivity index is 2.33. The van der Waals surface area contributed by atoms with E-state index in [-0.39, 0.29) is 5.41 Å². The molecule has 0 heterocycles. The highest BCUT2D eigenvalue weighted by Gasteiger charge is 2.45. The Hall–Kier alpha value is -1.79. The number of carboxylic acid groups (broad SMARTS) is 1. The molecule has 1 aliphatic rings. The summed E-state index contributed by atoms with van der Waals surface area (Å²) in [6, 6.07) is -1.87. The van der Waals surface area contributed by atoms with Crippen molar-refractivity contribution >= 4 is 17.9 Å². The van der Waals surface area contributed by atoms with Crippen molar-refractivity contribution in [3.63, 3.8) is 0 Å². The molecule has 0 aliphatic heterocycles. The number of hydrogen-bond acceptors (Lipinski definition) is 3. The summed E-state index contributed by atoms with van der Waals surface area (Å²) in [6.07, 6.45) is 0.620. The van der Waals surface area contributed by atoms with Gasteiger partial charge >= 0.3 is 12.0 Å². The number of hydrogen-bond donors (Lipinski definition) is 4. The van der Waals surface area contributed by atoms with E-state index >= 15 is 0 Å². The first-order valence-corrected chi connectivity index (χ1v) is 5.78. The van der Waals surface area contributed by atoms with Crippen molar-refractivity contribution in [3.05, 3.63) is 0 Å². The molecule has 3 amide bonds. The van der Waals surface area contributed by atoms with Gasteiger partial charge in [-0.15, -0.1) is 0 Å². The quantitative estimate of drug-likeness (QED) is 0.520. The minimum absolute atomic E-state index is 0.243. The lowest BCUT2D eigenvalue weighted by Gasteiger charge is -2.14. The van der Waals surface area contributed by atoms with Crippen molar-refractivity contribution in [3.8, 4) is 0 Å². The molecule has 0 saturated heterocycles. The van der Waals surface area contributed by atoms with Crippen molar-refractivity contribution < 1.29 is 19.5 Å². The zero-order chi connectivity index (χ0) is 13.9. The van der Waals surface area contributed by atoms with Crippen molar-refractivity contribution in [2.75, 3.05) is 6.54 Å². The van der Waals surface area contributed by atoms with E-state index in [0.29, 0.717) is 12.5 Å². The van der Waals surface area contributed by atoms with E-state index in [0.717, 1.165) is 6.42 Å². The number of rotatable bonds is 6. The Morgan fingerprint density at radius 3 is 2.39 bits per heavy atom. The summed E-state index contributed by atoms with van der Waals surface area (Å²) in [6.45, 7) is 4.70. The van der Waals surface area contributed by atoms with Gasteiger partial charge in [0, 0.05) is 6.54 Å². The zero-order valence-corrected chi connectivity index (χ0v) is 10.5. The van der Waals surface area contributed by atoms with Gasteiger partial charge in [0.1, 0.15) is 6.04 Å². The summed E-state index contributed by atoms with van der Waals surface area (Å²) in [5.41, 5.74) is 5.14. The lowest BCUT2D eigenvalue weighted by molar-refractivity contribution is -0.140. The molecule has 1 unspecified atom stereocenters. The van der Waals surface area contributed by atoms with Gasteiger partial charge in [-0.05, 0) is 17.8 Å². The maximum atomic E-state index is 11.4. The Morgan fingerprint density at radius 1 is 1.44 bits per heavy atom. The third-order valence-corrected chi connectivity index (χ3v) is 3.24. The summed E-state index contributed by atoms with van der Waals surface area (Å²) in [4.78, 5) is 32.9. The van der Waals surface area contributed by atoms with E-state index in [1.165, 1.54) is 0 Å². The van der Waals surface area contributed by atoms with Crippen LogP contribution in [0.5, 0.6) is 0 Å². The van der Waals surface area contributed by atoms with Crippen LogP contribution in [-0.4, -0.2) is 35.6 Å². The molecule has 0 spiro atoms. The third-order valence-electron chi connectivity index (χ3n) is 3.24. The SMILES string of the molecule is CC1(C)CC1CNC(=O)N[C@H](CC(N)=O)C(=O)O. The van der Waals surface area contributed by atoms with Crippen LogP contribution in [0.2, 0.25) is 0 Å². The van der Waals surface area contributed by atoms with Gasteiger partial charge in [0.15, 0.2) is 0 Å². The number of urea groups is 1. The number of aliphatic carboxylic acids is 1. The molecule has 0 aromatic rings. The van der Waals surface area contributed by atoms with E-state index in [2.05, 4.69) is 24.5 Å². The highest BCUT2D eigenvalue weighted by molar-refractivity contribution is 5.87. The van der Waals surface area contributed by atoms with Crippen LogP contribution in [0.3, 0.4) is 0 Å². The molecule has 102 valence electrons. The van der Waals surface area contributed by atoms with Crippen LogP contribution in [0, 0.1) is 11.3 Å². The van der Waals surface area contributed by atoms with Crippen LogP contribution in [0.25, 0.3) is 0 Å². The van der Waals surface area contributed by atoms with E-state index < -0.39 is 30.4 Å². The van der Waals surface area contributed by atoms with Crippen LogP contribution in [-0.2, 0) is 9.59 Å². The molecule has 18 heavy (non-hydrogen) atoms. The molecular formula is C11H19N3O4. The molecule has 0 bridgehead atoms. The Morgan fingerprint density at radius 2 is 2.00 bits per heavy atom. The lowest BCUT2D eigenvalue weighted by atomic mass is 10.1. The van der Waals surface area contributed by atoms with E-state index in [4.69, 9.17) is 10.8 Å². The summed E-state index contributed by atoms with van der Waals surface area (Å²) in [5.74, 6) is -1.63. The molecule has 7 heteroatoms. The Labute approximate surface area is 105 Å². The molecule has 2 atom stereocenters.